The number of aromatic nitrogens is 2. The van der Waals surface area contributed by atoms with E-state index >= 15 is 0 Å². The van der Waals surface area contributed by atoms with Crippen LogP contribution in [-0.4, -0.2) is 28.4 Å². The van der Waals surface area contributed by atoms with Crippen molar-refractivity contribution in [2.24, 2.45) is 0 Å². The summed E-state index contributed by atoms with van der Waals surface area (Å²) in [4.78, 5) is 12.6. The Morgan fingerprint density at radius 2 is 2.10 bits per heavy atom. The molecule has 3 N–H and O–H groups in total. The van der Waals surface area contributed by atoms with Gasteiger partial charge >= 0.3 is 5.97 Å². The van der Waals surface area contributed by atoms with Gasteiger partial charge in [0.15, 0.2) is 17.3 Å². The van der Waals surface area contributed by atoms with Crippen LogP contribution < -0.4 is 14.8 Å². The first-order valence-electron chi connectivity index (χ1n) is 9.61. The molecule has 3 aromatic rings. The molecule has 2 aliphatic heterocycles. The summed E-state index contributed by atoms with van der Waals surface area (Å²) < 4.78 is 11.7. The standard InChI is InChI=1S/C22H21N3O4/c1-3-12-7-9-13(10-8-12)18-17-20(25-24-18)23-15-11-22(17,21(26)27)29-19-14(15)5-4-6-16(19)28-2/h4-10,15H,3,11H2,1-2H3,(H,26,27)(H2,23,24,25). The van der Waals surface area contributed by atoms with Crippen LogP contribution >= 0.6 is 0 Å². The van der Waals surface area contributed by atoms with Gasteiger partial charge in [0.1, 0.15) is 0 Å². The van der Waals surface area contributed by atoms with Crippen molar-refractivity contribution >= 4 is 11.8 Å². The number of carboxylic acid groups (broad SMARTS) is 1. The van der Waals surface area contributed by atoms with Crippen LogP contribution in [0.2, 0.25) is 0 Å². The number of para-hydroxylation sites is 1. The summed E-state index contributed by atoms with van der Waals surface area (Å²) in [5.41, 5.74) is 2.55. The van der Waals surface area contributed by atoms with Gasteiger partial charge in [-0.05, 0) is 18.1 Å². The van der Waals surface area contributed by atoms with Crippen LogP contribution in [-0.2, 0) is 16.8 Å². The average molecular weight is 391 g/mol. The summed E-state index contributed by atoms with van der Waals surface area (Å²) in [6.45, 7) is 2.09. The Kier molecular flexibility index (Phi) is 3.81. The maximum atomic E-state index is 12.6. The highest BCUT2D eigenvalue weighted by molar-refractivity contribution is 5.89. The Hall–Kier alpha value is -3.48. The molecule has 2 aliphatic rings. The highest BCUT2D eigenvalue weighted by atomic mass is 16.6. The molecule has 2 unspecified atom stereocenters. The van der Waals surface area contributed by atoms with E-state index in [1.165, 1.54) is 5.56 Å². The Morgan fingerprint density at radius 3 is 2.79 bits per heavy atom. The monoisotopic (exact) mass is 391 g/mol. The molecule has 2 aromatic carbocycles. The minimum absolute atomic E-state index is 0.240. The van der Waals surface area contributed by atoms with Gasteiger partial charge in [-0.1, -0.05) is 43.3 Å². The van der Waals surface area contributed by atoms with Crippen LogP contribution in [0.3, 0.4) is 0 Å². The van der Waals surface area contributed by atoms with Crippen LogP contribution in [0.25, 0.3) is 11.3 Å². The van der Waals surface area contributed by atoms with Gasteiger partial charge in [-0.25, -0.2) is 4.79 Å². The van der Waals surface area contributed by atoms with Crippen molar-refractivity contribution in [2.75, 3.05) is 12.4 Å². The van der Waals surface area contributed by atoms with Gasteiger partial charge in [0.05, 0.1) is 24.4 Å². The summed E-state index contributed by atoms with van der Waals surface area (Å²) in [6.07, 6.45) is 1.19. The van der Waals surface area contributed by atoms with Gasteiger partial charge in [0, 0.05) is 17.5 Å². The quantitative estimate of drug-likeness (QED) is 0.625. The van der Waals surface area contributed by atoms with E-state index in [9.17, 15) is 9.90 Å². The molecular formula is C22H21N3O4. The molecule has 0 spiro atoms. The van der Waals surface area contributed by atoms with E-state index in [4.69, 9.17) is 9.47 Å². The summed E-state index contributed by atoms with van der Waals surface area (Å²) in [6, 6.07) is 13.4. The molecule has 0 saturated carbocycles. The maximum Gasteiger partial charge on any atom is 0.353 e. The fourth-order valence-corrected chi connectivity index (χ4v) is 4.33. The van der Waals surface area contributed by atoms with Crippen LogP contribution in [0.5, 0.6) is 11.5 Å². The molecule has 0 fully saturated rings. The van der Waals surface area contributed by atoms with Crippen molar-refractivity contribution in [3.63, 3.8) is 0 Å². The molecule has 0 amide bonds. The Bertz CT molecular complexity index is 1110. The molecule has 0 saturated heterocycles. The van der Waals surface area contributed by atoms with Gasteiger partial charge in [-0.3, -0.25) is 5.10 Å². The number of hydrogen-bond acceptors (Lipinski definition) is 5. The van der Waals surface area contributed by atoms with Crippen LogP contribution in [0.15, 0.2) is 42.5 Å². The number of nitrogens with one attached hydrogen (secondary N) is 2. The molecular weight excluding hydrogens is 370 g/mol. The number of ether oxygens (including phenoxy) is 2. The molecule has 2 atom stereocenters. The second-order valence-electron chi connectivity index (χ2n) is 7.39. The van der Waals surface area contributed by atoms with Gasteiger partial charge in [0.2, 0.25) is 5.60 Å². The van der Waals surface area contributed by atoms with Crippen molar-refractivity contribution < 1.29 is 19.4 Å². The largest absolute Gasteiger partial charge is 0.493 e. The molecule has 1 aromatic heterocycles. The molecule has 0 radical (unpaired) electrons. The topological polar surface area (TPSA) is 96.5 Å². The maximum absolute atomic E-state index is 12.6. The van der Waals surface area contributed by atoms with Crippen LogP contribution in [0.4, 0.5) is 5.82 Å². The molecule has 7 heteroatoms. The summed E-state index contributed by atoms with van der Waals surface area (Å²) in [5.74, 6) is 0.432. The van der Waals surface area contributed by atoms with Crippen molar-refractivity contribution in [1.29, 1.82) is 0 Å². The van der Waals surface area contributed by atoms with Gasteiger partial charge in [-0.15, -0.1) is 0 Å². The average Bonchev–Trinajstić information content (AvgIpc) is 3.18. The third-order valence-corrected chi connectivity index (χ3v) is 5.85. The number of fused-ring (bicyclic) bond motifs is 6. The minimum Gasteiger partial charge on any atom is -0.493 e. The highest BCUT2D eigenvalue weighted by Gasteiger charge is 2.56. The number of nitrogens with zero attached hydrogens (tertiary/aromatic N) is 1. The van der Waals surface area contributed by atoms with Crippen molar-refractivity contribution in [3.8, 4) is 22.8 Å². The molecule has 7 nitrogen and oxygen atoms in total. The number of carboxylic acids is 1. The first-order valence-corrected chi connectivity index (χ1v) is 9.61. The number of carbonyl (C=O) groups is 1. The van der Waals surface area contributed by atoms with E-state index in [0.717, 1.165) is 17.5 Å². The lowest BCUT2D eigenvalue weighted by Crippen LogP contribution is -2.50. The number of methoxy groups -OCH3 is 1. The zero-order valence-corrected chi connectivity index (χ0v) is 16.2. The summed E-state index contributed by atoms with van der Waals surface area (Å²) in [7, 11) is 1.55. The lowest BCUT2D eigenvalue weighted by molar-refractivity contribution is -0.159. The second kappa shape index (κ2) is 6.27. The van der Waals surface area contributed by atoms with Crippen molar-refractivity contribution in [3.05, 3.63) is 59.2 Å². The third kappa shape index (κ3) is 2.43. The Morgan fingerprint density at radius 1 is 1.31 bits per heavy atom. The van der Waals surface area contributed by atoms with Crippen molar-refractivity contribution in [1.82, 2.24) is 10.2 Å². The van der Waals surface area contributed by atoms with Crippen molar-refractivity contribution in [2.45, 2.75) is 31.4 Å². The Labute approximate surface area is 167 Å². The number of hydrogen-bond donors (Lipinski definition) is 3. The van der Waals surface area contributed by atoms with E-state index in [1.807, 2.05) is 36.4 Å². The van der Waals surface area contributed by atoms with Crippen LogP contribution in [0, 0.1) is 0 Å². The zero-order valence-electron chi connectivity index (χ0n) is 16.2. The number of aryl methyl sites for hydroxylation is 1. The SMILES string of the molecule is CCc1ccc(-c2[nH]nc3c2C2(C(=O)O)CC(N3)c3cccc(OC)c3O2)cc1. The number of H-pyrrole nitrogens is 1. The highest BCUT2D eigenvalue weighted by Crippen LogP contribution is 2.55. The minimum atomic E-state index is -1.56. The van der Waals surface area contributed by atoms with E-state index in [-0.39, 0.29) is 12.5 Å². The predicted octanol–water partition coefficient (Wildman–Crippen LogP) is 3.88. The van der Waals surface area contributed by atoms with E-state index in [1.54, 1.807) is 13.2 Å². The smallest absolute Gasteiger partial charge is 0.353 e. The second-order valence-corrected chi connectivity index (χ2v) is 7.39. The fourth-order valence-electron chi connectivity index (χ4n) is 4.33. The number of anilines is 1. The van der Waals surface area contributed by atoms with E-state index < -0.39 is 11.6 Å². The normalized spacial score (nSPS) is 21.4. The van der Waals surface area contributed by atoms with Gasteiger partial charge in [0.25, 0.3) is 0 Å². The van der Waals surface area contributed by atoms with Gasteiger partial charge < -0.3 is 19.9 Å². The number of aromatic amines is 1. The lowest BCUT2D eigenvalue weighted by Gasteiger charge is -2.43. The summed E-state index contributed by atoms with van der Waals surface area (Å²) >= 11 is 0. The van der Waals surface area contributed by atoms with E-state index in [0.29, 0.717) is 28.6 Å². The number of benzene rings is 2. The molecule has 3 heterocycles. The molecule has 29 heavy (non-hydrogen) atoms. The number of aliphatic carboxylic acids is 1. The number of rotatable bonds is 4. The van der Waals surface area contributed by atoms with Gasteiger partial charge in [-0.2, -0.15) is 5.10 Å². The molecule has 148 valence electrons. The molecule has 5 rings (SSSR count). The predicted molar refractivity (Wildman–Crippen MR) is 107 cm³/mol. The summed E-state index contributed by atoms with van der Waals surface area (Å²) in [5, 5.41) is 21.1. The first kappa shape index (κ1) is 17.6. The molecule has 2 bridgehead atoms. The Balaban J connectivity index is 1.70. The fraction of sp³-hybridized carbons (Fsp3) is 0.273. The first-order chi connectivity index (χ1) is 14.1. The zero-order chi connectivity index (χ0) is 20.2. The third-order valence-electron chi connectivity index (χ3n) is 5.85. The molecule has 0 aliphatic carbocycles. The van der Waals surface area contributed by atoms with Crippen LogP contribution in [0.1, 0.15) is 36.1 Å². The lowest BCUT2D eigenvalue weighted by atomic mass is 9.78. The van der Waals surface area contributed by atoms with E-state index in [2.05, 4.69) is 22.4 Å².